The molecule has 0 aliphatic carbocycles. The number of nitrogens with one attached hydrogen (secondary N) is 1. The Hall–Kier alpha value is -1.39. The maximum absolute atomic E-state index is 11.9. The van der Waals surface area contributed by atoms with Crippen molar-refractivity contribution in [3.63, 3.8) is 0 Å². The van der Waals surface area contributed by atoms with Gasteiger partial charge >= 0.3 is 6.09 Å². The summed E-state index contributed by atoms with van der Waals surface area (Å²) in [7, 11) is 1.91. The van der Waals surface area contributed by atoms with Crippen LogP contribution in [0.3, 0.4) is 0 Å². The van der Waals surface area contributed by atoms with Crippen molar-refractivity contribution < 1.29 is 9.53 Å². The smallest absolute Gasteiger partial charge is 0.410 e. The summed E-state index contributed by atoms with van der Waals surface area (Å²) < 4.78 is 5.36. The molecule has 0 spiro atoms. The summed E-state index contributed by atoms with van der Waals surface area (Å²) in [6, 6.07) is 0. The summed E-state index contributed by atoms with van der Waals surface area (Å²) in [5.41, 5.74) is -0.423. The van der Waals surface area contributed by atoms with Crippen LogP contribution in [0.5, 0.6) is 0 Å². The Morgan fingerprint density at radius 2 is 1.67 bits per heavy atom. The van der Waals surface area contributed by atoms with Gasteiger partial charge in [-0.1, -0.05) is 0 Å². The van der Waals surface area contributed by atoms with Crippen molar-refractivity contribution in [2.75, 3.05) is 33.2 Å². The molecule has 104 valence electrons. The van der Waals surface area contributed by atoms with E-state index in [0.717, 1.165) is 18.9 Å². The molecule has 5 nitrogen and oxygen atoms in total. The molecule has 1 saturated heterocycles. The lowest BCUT2D eigenvalue weighted by Gasteiger charge is -2.37. The Kier molecular flexibility index (Phi) is 4.87. The molecule has 0 aromatic carbocycles. The SMILES string of the molecule is C/C=C(\NC)N1CCN(C(=O)OC(C)(C)C)CC1. The fourth-order valence-electron chi connectivity index (χ4n) is 1.94. The molecule has 18 heavy (non-hydrogen) atoms. The maximum Gasteiger partial charge on any atom is 0.410 e. The van der Waals surface area contributed by atoms with Crippen LogP contribution in [0.4, 0.5) is 4.79 Å². The van der Waals surface area contributed by atoms with E-state index >= 15 is 0 Å². The first kappa shape index (κ1) is 14.7. The van der Waals surface area contributed by atoms with Gasteiger partial charge in [-0.3, -0.25) is 0 Å². The zero-order chi connectivity index (χ0) is 13.8. The van der Waals surface area contributed by atoms with Gasteiger partial charge in [0.05, 0.1) is 5.82 Å². The third-order valence-corrected chi connectivity index (χ3v) is 2.80. The summed E-state index contributed by atoms with van der Waals surface area (Å²) in [6.45, 7) is 10.7. The number of rotatable bonds is 2. The van der Waals surface area contributed by atoms with Crippen molar-refractivity contribution in [2.45, 2.75) is 33.3 Å². The minimum atomic E-state index is -0.423. The normalized spacial score (nSPS) is 17.7. The molecule has 0 saturated carbocycles. The van der Waals surface area contributed by atoms with Gasteiger partial charge in [0.25, 0.3) is 0 Å². The third kappa shape index (κ3) is 4.13. The summed E-state index contributed by atoms with van der Waals surface area (Å²) in [6.07, 6.45) is 1.83. The first-order chi connectivity index (χ1) is 8.37. The Bertz CT molecular complexity index is 313. The second-order valence-corrected chi connectivity index (χ2v) is 5.38. The molecule has 0 radical (unpaired) electrons. The van der Waals surface area contributed by atoms with Crippen molar-refractivity contribution in [2.24, 2.45) is 0 Å². The standard InChI is InChI=1S/C13H25N3O2/c1-6-11(14-5)15-7-9-16(10-8-15)12(17)18-13(2,3)4/h6,14H,7-10H2,1-5H3/b11-6+. The van der Waals surface area contributed by atoms with Gasteiger partial charge in [-0.05, 0) is 33.8 Å². The average Bonchev–Trinajstić information content (AvgIpc) is 2.29. The predicted molar refractivity (Wildman–Crippen MR) is 72.2 cm³/mol. The molecular formula is C13H25N3O2. The van der Waals surface area contributed by atoms with E-state index in [-0.39, 0.29) is 6.09 Å². The lowest BCUT2D eigenvalue weighted by atomic mass is 10.2. The lowest BCUT2D eigenvalue weighted by molar-refractivity contribution is 0.0165. The van der Waals surface area contributed by atoms with E-state index in [2.05, 4.69) is 10.2 Å². The highest BCUT2D eigenvalue weighted by Crippen LogP contribution is 2.13. The van der Waals surface area contributed by atoms with E-state index in [1.165, 1.54) is 0 Å². The average molecular weight is 255 g/mol. The number of nitrogens with zero attached hydrogens (tertiary/aromatic N) is 2. The van der Waals surface area contributed by atoms with E-state index < -0.39 is 5.60 Å². The predicted octanol–water partition coefficient (Wildman–Crippen LogP) is 1.62. The van der Waals surface area contributed by atoms with Crippen molar-refractivity contribution in [1.82, 2.24) is 15.1 Å². The van der Waals surface area contributed by atoms with Crippen LogP contribution in [0.15, 0.2) is 11.9 Å². The van der Waals surface area contributed by atoms with E-state index in [0.29, 0.717) is 13.1 Å². The topological polar surface area (TPSA) is 44.8 Å². The molecule has 1 fully saturated rings. The largest absolute Gasteiger partial charge is 0.444 e. The summed E-state index contributed by atoms with van der Waals surface area (Å²) in [4.78, 5) is 15.9. The van der Waals surface area contributed by atoms with Gasteiger partial charge in [-0.25, -0.2) is 4.79 Å². The van der Waals surface area contributed by atoms with Crippen LogP contribution in [0.1, 0.15) is 27.7 Å². The Morgan fingerprint density at radius 3 is 2.06 bits per heavy atom. The summed E-state index contributed by atoms with van der Waals surface area (Å²) in [5, 5.41) is 3.16. The molecule has 1 amide bonds. The van der Waals surface area contributed by atoms with Gasteiger partial charge in [0.15, 0.2) is 0 Å². The first-order valence-electron chi connectivity index (χ1n) is 6.44. The number of hydrogen-bond acceptors (Lipinski definition) is 4. The molecule has 1 heterocycles. The second-order valence-electron chi connectivity index (χ2n) is 5.38. The summed E-state index contributed by atoms with van der Waals surface area (Å²) >= 11 is 0. The Labute approximate surface area is 110 Å². The Balaban J connectivity index is 2.47. The first-order valence-corrected chi connectivity index (χ1v) is 6.44. The molecule has 0 aromatic rings. The third-order valence-electron chi connectivity index (χ3n) is 2.80. The Morgan fingerprint density at radius 1 is 1.17 bits per heavy atom. The fourth-order valence-corrected chi connectivity index (χ4v) is 1.94. The van der Waals surface area contributed by atoms with Crippen LogP contribution < -0.4 is 5.32 Å². The lowest BCUT2D eigenvalue weighted by Crippen LogP contribution is -2.50. The monoisotopic (exact) mass is 255 g/mol. The van der Waals surface area contributed by atoms with Crippen molar-refractivity contribution in [3.05, 3.63) is 11.9 Å². The van der Waals surface area contributed by atoms with Gasteiger partial charge in [0.1, 0.15) is 5.60 Å². The minimum absolute atomic E-state index is 0.214. The highest BCUT2D eigenvalue weighted by Gasteiger charge is 2.26. The number of hydrogen-bond donors (Lipinski definition) is 1. The van der Waals surface area contributed by atoms with Gasteiger partial charge in [0.2, 0.25) is 0 Å². The van der Waals surface area contributed by atoms with E-state index in [4.69, 9.17) is 4.74 Å². The molecule has 0 bridgehead atoms. The number of allylic oxidation sites excluding steroid dienone is 1. The van der Waals surface area contributed by atoms with Crippen LogP contribution in [-0.4, -0.2) is 54.7 Å². The molecule has 5 heteroatoms. The maximum atomic E-state index is 11.9. The van der Waals surface area contributed by atoms with Gasteiger partial charge in [-0.2, -0.15) is 0 Å². The van der Waals surface area contributed by atoms with Gasteiger partial charge in [0, 0.05) is 33.2 Å². The van der Waals surface area contributed by atoms with Crippen LogP contribution in [-0.2, 0) is 4.74 Å². The van der Waals surface area contributed by atoms with Gasteiger partial charge in [-0.15, -0.1) is 0 Å². The van der Waals surface area contributed by atoms with Gasteiger partial charge < -0.3 is 19.9 Å². The molecule has 1 aliphatic rings. The fraction of sp³-hybridized carbons (Fsp3) is 0.769. The van der Waals surface area contributed by atoms with Crippen LogP contribution in [0.25, 0.3) is 0 Å². The van der Waals surface area contributed by atoms with E-state index in [1.54, 1.807) is 4.90 Å². The number of carbonyl (C=O) groups is 1. The summed E-state index contributed by atoms with van der Waals surface area (Å²) in [5.74, 6) is 1.11. The highest BCUT2D eigenvalue weighted by atomic mass is 16.6. The molecule has 0 atom stereocenters. The zero-order valence-electron chi connectivity index (χ0n) is 12.1. The molecule has 0 aromatic heterocycles. The van der Waals surface area contributed by atoms with Crippen LogP contribution in [0.2, 0.25) is 0 Å². The quantitative estimate of drug-likeness (QED) is 0.814. The molecule has 1 N–H and O–H groups in total. The zero-order valence-corrected chi connectivity index (χ0v) is 12.1. The second kappa shape index (κ2) is 5.98. The van der Waals surface area contributed by atoms with E-state index in [1.807, 2.05) is 40.8 Å². The van der Waals surface area contributed by atoms with E-state index in [9.17, 15) is 4.79 Å². The minimum Gasteiger partial charge on any atom is -0.444 e. The van der Waals surface area contributed by atoms with Crippen LogP contribution >= 0.6 is 0 Å². The number of amides is 1. The highest BCUT2D eigenvalue weighted by molar-refractivity contribution is 5.68. The van der Waals surface area contributed by atoms with Crippen molar-refractivity contribution in [1.29, 1.82) is 0 Å². The van der Waals surface area contributed by atoms with Crippen molar-refractivity contribution >= 4 is 6.09 Å². The van der Waals surface area contributed by atoms with Crippen molar-refractivity contribution in [3.8, 4) is 0 Å². The number of ether oxygens (including phenoxy) is 1. The number of carbonyl (C=O) groups excluding carboxylic acids is 1. The molecular weight excluding hydrogens is 230 g/mol. The molecule has 1 rings (SSSR count). The molecule has 0 unspecified atom stereocenters. The van der Waals surface area contributed by atoms with Crippen LogP contribution in [0, 0.1) is 0 Å². The molecule has 1 aliphatic heterocycles. The number of piperazine rings is 1.